The van der Waals surface area contributed by atoms with Crippen LogP contribution in [0.2, 0.25) is 0 Å². The van der Waals surface area contributed by atoms with Gasteiger partial charge in [0, 0.05) is 37.9 Å². The van der Waals surface area contributed by atoms with E-state index < -0.39 is 10.0 Å². The van der Waals surface area contributed by atoms with Crippen LogP contribution in [0.25, 0.3) is 0 Å². The third-order valence-electron chi connectivity index (χ3n) is 3.73. The molecule has 0 aromatic carbocycles. The van der Waals surface area contributed by atoms with Crippen molar-refractivity contribution in [2.75, 3.05) is 38.6 Å². The Morgan fingerprint density at radius 3 is 2.56 bits per heavy atom. The van der Waals surface area contributed by atoms with Gasteiger partial charge in [0.25, 0.3) is 0 Å². The minimum absolute atomic E-state index is 0.0703. The van der Waals surface area contributed by atoms with Crippen molar-refractivity contribution in [2.24, 2.45) is 0 Å². The number of rotatable bonds is 7. The number of carbonyl (C=O) groups is 1. The van der Waals surface area contributed by atoms with Gasteiger partial charge < -0.3 is 14.6 Å². The Balaban J connectivity index is 1.71. The lowest BCUT2D eigenvalue weighted by molar-refractivity contribution is -0.120. The highest BCUT2D eigenvalue weighted by molar-refractivity contribution is 7.89. The molecule has 1 amide bonds. The molecule has 142 valence electrons. The van der Waals surface area contributed by atoms with Crippen LogP contribution in [-0.2, 0) is 31.4 Å². The van der Waals surface area contributed by atoms with E-state index in [-0.39, 0.29) is 23.5 Å². The van der Waals surface area contributed by atoms with E-state index in [0.29, 0.717) is 51.0 Å². The van der Waals surface area contributed by atoms with Gasteiger partial charge in [0.2, 0.25) is 21.8 Å². The molecule has 0 aliphatic carbocycles. The van der Waals surface area contributed by atoms with Gasteiger partial charge in [-0.15, -0.1) is 0 Å². The van der Waals surface area contributed by atoms with Gasteiger partial charge >= 0.3 is 0 Å². The quantitative estimate of drug-likeness (QED) is 0.718. The molecule has 10 heteroatoms. The van der Waals surface area contributed by atoms with Gasteiger partial charge in [-0.05, 0) is 0 Å². The Morgan fingerprint density at radius 1 is 1.28 bits per heavy atom. The molecule has 1 fully saturated rings. The average Bonchev–Trinajstić information content (AvgIpc) is 3.03. The fourth-order valence-electron chi connectivity index (χ4n) is 2.24. The molecule has 0 atom stereocenters. The van der Waals surface area contributed by atoms with Crippen molar-refractivity contribution in [3.8, 4) is 0 Å². The Hall–Kier alpha value is -1.52. The Labute approximate surface area is 148 Å². The summed E-state index contributed by atoms with van der Waals surface area (Å²) >= 11 is 0. The van der Waals surface area contributed by atoms with Crippen LogP contribution < -0.4 is 5.32 Å². The average molecular weight is 374 g/mol. The second-order valence-electron chi connectivity index (χ2n) is 6.94. The molecule has 25 heavy (non-hydrogen) atoms. The second kappa shape index (κ2) is 8.24. The van der Waals surface area contributed by atoms with E-state index in [4.69, 9.17) is 9.26 Å². The van der Waals surface area contributed by atoms with E-state index in [1.807, 2.05) is 20.8 Å². The highest BCUT2D eigenvalue weighted by Gasteiger charge is 2.25. The van der Waals surface area contributed by atoms with Crippen molar-refractivity contribution in [3.05, 3.63) is 11.7 Å². The minimum atomic E-state index is -3.42. The van der Waals surface area contributed by atoms with E-state index >= 15 is 0 Å². The van der Waals surface area contributed by atoms with Crippen molar-refractivity contribution in [1.82, 2.24) is 19.8 Å². The van der Waals surface area contributed by atoms with Crippen LogP contribution in [0.5, 0.6) is 0 Å². The molecule has 0 bridgehead atoms. The summed E-state index contributed by atoms with van der Waals surface area (Å²) in [7, 11) is -3.42. The summed E-state index contributed by atoms with van der Waals surface area (Å²) in [5.74, 6) is 0.558. The first-order chi connectivity index (χ1) is 11.7. The zero-order chi connectivity index (χ0) is 18.5. The summed E-state index contributed by atoms with van der Waals surface area (Å²) in [6.45, 7) is 7.73. The maximum Gasteiger partial charge on any atom is 0.232 e. The van der Waals surface area contributed by atoms with Gasteiger partial charge in [-0.25, -0.2) is 8.42 Å². The standard InChI is InChI=1S/C15H26N4O5S/c1-15(2,3)14-17-12(18-24-14)4-6-16-13(20)5-11-25(21,22)19-7-9-23-10-8-19/h4-11H2,1-3H3,(H,16,20). The van der Waals surface area contributed by atoms with E-state index in [0.717, 1.165) is 0 Å². The molecule has 0 spiro atoms. The lowest BCUT2D eigenvalue weighted by Crippen LogP contribution is -2.42. The van der Waals surface area contributed by atoms with Crippen LogP contribution in [-0.4, -0.2) is 67.4 Å². The largest absolute Gasteiger partial charge is 0.379 e. The minimum Gasteiger partial charge on any atom is -0.379 e. The zero-order valence-corrected chi connectivity index (χ0v) is 15.8. The van der Waals surface area contributed by atoms with Crippen molar-refractivity contribution in [2.45, 2.75) is 39.0 Å². The molecule has 1 saturated heterocycles. The molecule has 0 unspecified atom stereocenters. The number of hydrogen-bond donors (Lipinski definition) is 1. The van der Waals surface area contributed by atoms with Gasteiger partial charge in [-0.2, -0.15) is 9.29 Å². The predicted octanol–water partition coefficient (Wildman–Crippen LogP) is 0.0779. The van der Waals surface area contributed by atoms with Crippen molar-refractivity contribution in [1.29, 1.82) is 0 Å². The monoisotopic (exact) mass is 374 g/mol. The lowest BCUT2D eigenvalue weighted by Gasteiger charge is -2.25. The molecule has 1 N–H and O–H groups in total. The summed E-state index contributed by atoms with van der Waals surface area (Å²) in [5.41, 5.74) is -0.220. The number of morpholine rings is 1. The zero-order valence-electron chi connectivity index (χ0n) is 14.9. The normalized spacial score (nSPS) is 16.8. The lowest BCUT2D eigenvalue weighted by atomic mass is 9.97. The molecule has 1 aromatic rings. The summed E-state index contributed by atoms with van der Waals surface area (Å²) in [6, 6.07) is 0. The fourth-order valence-corrected chi connectivity index (χ4v) is 3.64. The Kier molecular flexibility index (Phi) is 6.53. The highest BCUT2D eigenvalue weighted by atomic mass is 32.2. The summed E-state index contributed by atoms with van der Waals surface area (Å²) < 4.78 is 36.0. The fraction of sp³-hybridized carbons (Fsp3) is 0.800. The molecule has 0 radical (unpaired) electrons. The molecule has 1 aromatic heterocycles. The van der Waals surface area contributed by atoms with E-state index in [2.05, 4.69) is 15.5 Å². The summed E-state index contributed by atoms with van der Waals surface area (Å²) in [5, 5.41) is 6.56. The predicted molar refractivity (Wildman–Crippen MR) is 90.5 cm³/mol. The van der Waals surface area contributed by atoms with Crippen LogP contribution in [0.3, 0.4) is 0 Å². The number of aromatic nitrogens is 2. The second-order valence-corrected chi connectivity index (χ2v) is 9.03. The van der Waals surface area contributed by atoms with E-state index in [9.17, 15) is 13.2 Å². The summed E-state index contributed by atoms with van der Waals surface area (Å²) in [6.07, 6.45) is 0.362. The first-order valence-corrected chi connectivity index (χ1v) is 9.95. The number of nitrogens with zero attached hydrogens (tertiary/aromatic N) is 3. The molecular formula is C15H26N4O5S. The topological polar surface area (TPSA) is 115 Å². The number of carbonyl (C=O) groups excluding carboxylic acids is 1. The van der Waals surface area contributed by atoms with Crippen LogP contribution in [0.1, 0.15) is 38.9 Å². The third kappa shape index (κ3) is 6.05. The molecule has 1 aliphatic heterocycles. The number of hydrogen-bond acceptors (Lipinski definition) is 7. The van der Waals surface area contributed by atoms with Crippen molar-refractivity contribution >= 4 is 15.9 Å². The SMILES string of the molecule is CC(C)(C)c1nc(CCNC(=O)CCS(=O)(=O)N2CCOCC2)no1. The smallest absolute Gasteiger partial charge is 0.232 e. The first kappa shape index (κ1) is 19.8. The number of amides is 1. The van der Waals surface area contributed by atoms with Gasteiger partial charge in [0.05, 0.1) is 19.0 Å². The van der Waals surface area contributed by atoms with Crippen molar-refractivity contribution < 1.29 is 22.5 Å². The number of ether oxygens (including phenoxy) is 1. The van der Waals surface area contributed by atoms with Crippen LogP contribution in [0, 0.1) is 0 Å². The van der Waals surface area contributed by atoms with Gasteiger partial charge in [-0.3, -0.25) is 4.79 Å². The highest BCUT2D eigenvalue weighted by Crippen LogP contribution is 2.19. The van der Waals surface area contributed by atoms with Gasteiger partial charge in [0.15, 0.2) is 5.82 Å². The Morgan fingerprint density at radius 2 is 1.96 bits per heavy atom. The number of nitrogens with one attached hydrogen (secondary N) is 1. The summed E-state index contributed by atoms with van der Waals surface area (Å²) in [4.78, 5) is 16.1. The molecule has 2 rings (SSSR count). The van der Waals surface area contributed by atoms with Gasteiger partial charge in [-0.1, -0.05) is 25.9 Å². The molecular weight excluding hydrogens is 348 g/mol. The van der Waals surface area contributed by atoms with Crippen LogP contribution in [0.15, 0.2) is 4.52 Å². The maximum atomic E-state index is 12.1. The third-order valence-corrected chi connectivity index (χ3v) is 5.60. The van der Waals surface area contributed by atoms with Crippen LogP contribution in [0.4, 0.5) is 0 Å². The molecule has 9 nitrogen and oxygen atoms in total. The maximum absolute atomic E-state index is 12.1. The molecule has 2 heterocycles. The molecule has 0 saturated carbocycles. The van der Waals surface area contributed by atoms with E-state index in [1.54, 1.807) is 0 Å². The van der Waals surface area contributed by atoms with E-state index in [1.165, 1.54) is 4.31 Å². The van der Waals surface area contributed by atoms with Crippen LogP contribution >= 0.6 is 0 Å². The Bertz CT molecular complexity index is 674. The van der Waals surface area contributed by atoms with Gasteiger partial charge in [0.1, 0.15) is 0 Å². The number of sulfonamides is 1. The molecule has 1 aliphatic rings. The van der Waals surface area contributed by atoms with Crippen molar-refractivity contribution in [3.63, 3.8) is 0 Å². The first-order valence-electron chi connectivity index (χ1n) is 8.34.